The lowest BCUT2D eigenvalue weighted by Crippen LogP contribution is -2.46. The molecule has 0 amide bonds. The molecule has 3 N–H and O–H groups in total. The second-order valence-electron chi connectivity index (χ2n) is 6.73. The first-order valence-corrected chi connectivity index (χ1v) is 8.86. The van der Waals surface area contributed by atoms with Crippen molar-refractivity contribution in [1.29, 1.82) is 0 Å². The Balaban J connectivity index is 0.00000288. The first kappa shape index (κ1) is 21.3. The zero-order chi connectivity index (χ0) is 16.7. The lowest BCUT2D eigenvalue weighted by atomic mass is 9.84. The number of guanidine groups is 1. The SMILES string of the molecule is CCNC(=NCC(C)(O)c1ccco1)NC1CCCC(CC)C1.I. The van der Waals surface area contributed by atoms with E-state index >= 15 is 0 Å². The van der Waals surface area contributed by atoms with E-state index in [1.54, 1.807) is 25.3 Å². The first-order valence-electron chi connectivity index (χ1n) is 8.86. The molecule has 0 radical (unpaired) electrons. The van der Waals surface area contributed by atoms with Crippen molar-refractivity contribution in [2.24, 2.45) is 10.9 Å². The van der Waals surface area contributed by atoms with E-state index in [2.05, 4.69) is 29.5 Å². The number of nitrogens with zero attached hydrogens (tertiary/aromatic N) is 1. The van der Waals surface area contributed by atoms with Gasteiger partial charge in [0.15, 0.2) is 5.96 Å². The number of rotatable bonds is 6. The Bertz CT molecular complexity index is 488. The Morgan fingerprint density at radius 1 is 1.42 bits per heavy atom. The Morgan fingerprint density at radius 3 is 2.83 bits per heavy atom. The van der Waals surface area contributed by atoms with Crippen molar-refractivity contribution in [3.63, 3.8) is 0 Å². The average Bonchev–Trinajstić information content (AvgIpc) is 3.08. The molecular formula is C18H32IN3O2. The molecule has 0 spiro atoms. The van der Waals surface area contributed by atoms with Crippen LogP contribution in [0.2, 0.25) is 0 Å². The quantitative estimate of drug-likeness (QED) is 0.353. The van der Waals surface area contributed by atoms with Crippen LogP contribution >= 0.6 is 24.0 Å². The van der Waals surface area contributed by atoms with Gasteiger partial charge in [0.05, 0.1) is 12.8 Å². The molecule has 0 aromatic carbocycles. The van der Waals surface area contributed by atoms with Gasteiger partial charge in [-0.25, -0.2) is 4.99 Å². The van der Waals surface area contributed by atoms with Crippen molar-refractivity contribution >= 4 is 29.9 Å². The van der Waals surface area contributed by atoms with Crippen LogP contribution < -0.4 is 10.6 Å². The van der Waals surface area contributed by atoms with Crippen LogP contribution in [0.5, 0.6) is 0 Å². The molecule has 3 atom stereocenters. The maximum atomic E-state index is 10.5. The molecule has 2 rings (SSSR count). The fourth-order valence-corrected chi connectivity index (χ4v) is 3.20. The highest BCUT2D eigenvalue weighted by molar-refractivity contribution is 14.0. The van der Waals surface area contributed by atoms with Gasteiger partial charge in [-0.15, -0.1) is 24.0 Å². The lowest BCUT2D eigenvalue weighted by Gasteiger charge is -2.30. The Kier molecular flexibility index (Phi) is 9.12. The lowest BCUT2D eigenvalue weighted by molar-refractivity contribution is 0.0436. The Morgan fingerprint density at radius 2 is 2.21 bits per heavy atom. The van der Waals surface area contributed by atoms with Crippen LogP contribution in [0.25, 0.3) is 0 Å². The van der Waals surface area contributed by atoms with Crippen molar-refractivity contribution in [2.75, 3.05) is 13.1 Å². The van der Waals surface area contributed by atoms with Gasteiger partial charge < -0.3 is 20.2 Å². The fourth-order valence-electron chi connectivity index (χ4n) is 3.20. The summed E-state index contributed by atoms with van der Waals surface area (Å²) < 4.78 is 5.31. The van der Waals surface area contributed by atoms with Crippen molar-refractivity contribution in [3.8, 4) is 0 Å². The van der Waals surface area contributed by atoms with Crippen LogP contribution in [0.3, 0.4) is 0 Å². The highest BCUT2D eigenvalue weighted by Crippen LogP contribution is 2.26. The molecule has 1 aromatic rings. The minimum Gasteiger partial charge on any atom is -0.466 e. The van der Waals surface area contributed by atoms with Gasteiger partial charge >= 0.3 is 0 Å². The van der Waals surface area contributed by atoms with Gasteiger partial charge in [-0.1, -0.05) is 26.2 Å². The van der Waals surface area contributed by atoms with Crippen molar-refractivity contribution in [2.45, 2.75) is 64.5 Å². The maximum Gasteiger partial charge on any atom is 0.191 e. The summed E-state index contributed by atoms with van der Waals surface area (Å²) in [5, 5.41) is 17.3. The third-order valence-electron chi connectivity index (χ3n) is 4.64. The molecule has 24 heavy (non-hydrogen) atoms. The summed E-state index contributed by atoms with van der Waals surface area (Å²) in [4.78, 5) is 4.57. The van der Waals surface area contributed by atoms with Gasteiger partial charge in [0.1, 0.15) is 11.4 Å². The predicted molar refractivity (Wildman–Crippen MR) is 109 cm³/mol. The van der Waals surface area contributed by atoms with Crippen molar-refractivity contribution < 1.29 is 9.52 Å². The molecule has 1 heterocycles. The summed E-state index contributed by atoms with van der Waals surface area (Å²) in [6.45, 7) is 7.12. The highest BCUT2D eigenvalue weighted by Gasteiger charge is 2.26. The summed E-state index contributed by atoms with van der Waals surface area (Å²) in [5.74, 6) is 2.14. The molecule has 0 aliphatic heterocycles. The molecule has 1 aliphatic carbocycles. The third-order valence-corrected chi connectivity index (χ3v) is 4.64. The van der Waals surface area contributed by atoms with Crippen molar-refractivity contribution in [1.82, 2.24) is 10.6 Å². The van der Waals surface area contributed by atoms with Crippen LogP contribution in [-0.2, 0) is 5.60 Å². The summed E-state index contributed by atoms with van der Waals surface area (Å²) in [7, 11) is 0. The minimum atomic E-state index is -1.09. The van der Waals surface area contributed by atoms with Gasteiger partial charge in [0, 0.05) is 12.6 Å². The largest absolute Gasteiger partial charge is 0.466 e. The number of aliphatic hydroxyl groups is 1. The van der Waals surface area contributed by atoms with E-state index < -0.39 is 5.60 Å². The number of aliphatic imine (C=N–C) groups is 1. The zero-order valence-corrected chi connectivity index (χ0v) is 17.4. The smallest absolute Gasteiger partial charge is 0.191 e. The Hall–Kier alpha value is -0.760. The van der Waals surface area contributed by atoms with Gasteiger partial charge in [-0.05, 0) is 44.7 Å². The number of hydrogen-bond donors (Lipinski definition) is 3. The summed E-state index contributed by atoms with van der Waals surface area (Å²) in [5.41, 5.74) is -1.09. The summed E-state index contributed by atoms with van der Waals surface area (Å²) >= 11 is 0. The van der Waals surface area contributed by atoms with Crippen LogP contribution in [0.1, 0.15) is 58.6 Å². The van der Waals surface area contributed by atoms with E-state index in [4.69, 9.17) is 4.42 Å². The zero-order valence-electron chi connectivity index (χ0n) is 15.0. The molecule has 3 unspecified atom stereocenters. The molecule has 1 aliphatic rings. The van der Waals surface area contributed by atoms with E-state index in [9.17, 15) is 5.11 Å². The monoisotopic (exact) mass is 449 g/mol. The molecule has 1 aromatic heterocycles. The highest BCUT2D eigenvalue weighted by atomic mass is 127. The molecule has 0 saturated heterocycles. The molecule has 5 nitrogen and oxygen atoms in total. The van der Waals surface area contributed by atoms with Crippen LogP contribution in [0.4, 0.5) is 0 Å². The molecule has 138 valence electrons. The number of nitrogens with one attached hydrogen (secondary N) is 2. The van der Waals surface area contributed by atoms with E-state index in [0.717, 1.165) is 18.4 Å². The predicted octanol–water partition coefficient (Wildman–Crippen LogP) is 3.63. The number of furan rings is 1. The van der Waals surface area contributed by atoms with Gasteiger partial charge in [-0.2, -0.15) is 0 Å². The van der Waals surface area contributed by atoms with Gasteiger partial charge in [0.2, 0.25) is 0 Å². The second kappa shape index (κ2) is 10.3. The topological polar surface area (TPSA) is 69.8 Å². The first-order chi connectivity index (χ1) is 11.0. The van der Waals surface area contributed by atoms with E-state index in [1.165, 1.54) is 32.1 Å². The summed E-state index contributed by atoms with van der Waals surface area (Å²) in [6, 6.07) is 4.03. The average molecular weight is 449 g/mol. The molecule has 1 saturated carbocycles. The van der Waals surface area contributed by atoms with E-state index in [-0.39, 0.29) is 30.5 Å². The molecular weight excluding hydrogens is 417 g/mol. The normalized spacial score (nSPS) is 23.9. The van der Waals surface area contributed by atoms with Gasteiger partial charge in [-0.3, -0.25) is 0 Å². The van der Waals surface area contributed by atoms with Crippen molar-refractivity contribution in [3.05, 3.63) is 24.2 Å². The molecule has 6 heteroatoms. The van der Waals surface area contributed by atoms with Crippen LogP contribution in [-0.4, -0.2) is 30.2 Å². The second-order valence-corrected chi connectivity index (χ2v) is 6.73. The molecule has 1 fully saturated rings. The molecule has 0 bridgehead atoms. The number of hydrogen-bond acceptors (Lipinski definition) is 3. The minimum absolute atomic E-state index is 0. The van der Waals surface area contributed by atoms with E-state index in [1.807, 2.05) is 0 Å². The number of halogens is 1. The standard InChI is InChI=1S/C18H31N3O2.HI/c1-4-14-8-6-9-15(12-14)21-17(19-5-2)20-13-18(3,22)16-10-7-11-23-16;/h7,10-11,14-15,22H,4-6,8-9,12-13H2,1-3H3,(H2,19,20,21);1H. The summed E-state index contributed by atoms with van der Waals surface area (Å²) in [6.07, 6.45) is 7.84. The van der Waals surface area contributed by atoms with Gasteiger partial charge in [0.25, 0.3) is 0 Å². The van der Waals surface area contributed by atoms with E-state index in [0.29, 0.717) is 11.8 Å². The maximum absolute atomic E-state index is 10.5. The Labute approximate surface area is 162 Å². The van der Waals surface area contributed by atoms with Crippen LogP contribution in [0, 0.1) is 5.92 Å². The third kappa shape index (κ3) is 6.27. The fraction of sp³-hybridized carbons (Fsp3) is 0.722. The van der Waals surface area contributed by atoms with Crippen LogP contribution in [0.15, 0.2) is 27.8 Å².